The lowest BCUT2D eigenvalue weighted by Crippen LogP contribution is -2.15. The fourth-order valence-electron chi connectivity index (χ4n) is 1.58. The van der Waals surface area contributed by atoms with Crippen molar-refractivity contribution in [2.45, 2.75) is 9.92 Å². The lowest BCUT2D eigenvalue weighted by molar-refractivity contribution is 0.171. The van der Waals surface area contributed by atoms with E-state index in [9.17, 15) is 4.39 Å². The van der Waals surface area contributed by atoms with E-state index in [1.165, 1.54) is 24.2 Å². The van der Waals surface area contributed by atoms with Crippen molar-refractivity contribution in [2.75, 3.05) is 13.2 Å². The summed E-state index contributed by atoms with van der Waals surface area (Å²) in [5.74, 6) is 0.908. The Labute approximate surface area is 107 Å². The summed E-state index contributed by atoms with van der Waals surface area (Å²) in [7, 11) is 0. The molecule has 18 heavy (non-hydrogen) atoms. The molecule has 1 aromatic carbocycles. The van der Waals surface area contributed by atoms with E-state index in [1.54, 1.807) is 0 Å². The number of ether oxygens (including phenoxy) is 2. The van der Waals surface area contributed by atoms with Crippen LogP contribution in [0.2, 0.25) is 0 Å². The number of aromatic nitrogens is 2. The van der Waals surface area contributed by atoms with Gasteiger partial charge in [0.1, 0.15) is 24.6 Å². The summed E-state index contributed by atoms with van der Waals surface area (Å²) >= 11 is 1.35. The molecule has 0 bridgehead atoms. The fourth-order valence-corrected chi connectivity index (χ4v) is 2.38. The largest absolute Gasteiger partial charge is 0.486 e. The Kier molecular flexibility index (Phi) is 3.02. The lowest BCUT2D eigenvalue weighted by atomic mass is 10.3. The number of nitrogens with zero attached hydrogens (tertiary/aromatic N) is 2. The molecule has 4 nitrogen and oxygen atoms in total. The van der Waals surface area contributed by atoms with Gasteiger partial charge in [-0.05, 0) is 18.2 Å². The Balaban J connectivity index is 1.85. The molecule has 0 amide bonds. The summed E-state index contributed by atoms with van der Waals surface area (Å²) in [5, 5.41) is 0.555. The normalized spacial score (nSPS) is 13.4. The van der Waals surface area contributed by atoms with Crippen molar-refractivity contribution in [3.8, 4) is 11.5 Å². The highest BCUT2D eigenvalue weighted by molar-refractivity contribution is 7.99. The van der Waals surface area contributed by atoms with Gasteiger partial charge >= 0.3 is 0 Å². The summed E-state index contributed by atoms with van der Waals surface area (Å²) in [4.78, 5) is 8.32. The van der Waals surface area contributed by atoms with Crippen LogP contribution in [0.3, 0.4) is 0 Å². The van der Waals surface area contributed by atoms with E-state index in [0.29, 0.717) is 24.0 Å². The Morgan fingerprint density at radius 1 is 1.06 bits per heavy atom. The van der Waals surface area contributed by atoms with Gasteiger partial charge < -0.3 is 9.47 Å². The predicted octanol–water partition coefficient (Wildman–Crippen LogP) is 2.54. The second-order valence-electron chi connectivity index (χ2n) is 3.59. The third kappa shape index (κ3) is 2.38. The quantitative estimate of drug-likeness (QED) is 0.780. The second kappa shape index (κ2) is 4.81. The summed E-state index contributed by atoms with van der Waals surface area (Å²) in [6, 6.07) is 6.88. The summed E-state index contributed by atoms with van der Waals surface area (Å²) < 4.78 is 23.8. The maximum atomic E-state index is 12.9. The average molecular weight is 264 g/mol. The zero-order chi connectivity index (χ0) is 12.4. The standard InChI is InChI=1S/C12H9FN2O2S/c13-11-6-12(15-7-14-11)18-8-1-2-9-10(5-8)17-4-3-16-9/h1-2,5-7H,3-4H2. The minimum Gasteiger partial charge on any atom is -0.486 e. The minimum atomic E-state index is -0.537. The van der Waals surface area contributed by atoms with Crippen LogP contribution in [-0.4, -0.2) is 23.2 Å². The molecule has 0 aliphatic carbocycles. The third-order valence-electron chi connectivity index (χ3n) is 2.34. The first-order valence-electron chi connectivity index (χ1n) is 5.36. The summed E-state index contributed by atoms with van der Waals surface area (Å²) in [6.07, 6.45) is 1.20. The van der Waals surface area contributed by atoms with Gasteiger partial charge in [-0.1, -0.05) is 11.8 Å². The highest BCUT2D eigenvalue weighted by Crippen LogP contribution is 2.36. The molecule has 0 atom stereocenters. The van der Waals surface area contributed by atoms with Crippen LogP contribution in [0, 0.1) is 5.95 Å². The Morgan fingerprint density at radius 3 is 2.72 bits per heavy atom. The fraction of sp³-hybridized carbons (Fsp3) is 0.167. The molecule has 3 rings (SSSR count). The van der Waals surface area contributed by atoms with E-state index >= 15 is 0 Å². The van der Waals surface area contributed by atoms with Crippen molar-refractivity contribution in [1.29, 1.82) is 0 Å². The van der Waals surface area contributed by atoms with Crippen molar-refractivity contribution < 1.29 is 13.9 Å². The number of fused-ring (bicyclic) bond motifs is 1. The molecule has 2 aromatic rings. The van der Waals surface area contributed by atoms with Gasteiger partial charge in [0.25, 0.3) is 0 Å². The van der Waals surface area contributed by atoms with Crippen LogP contribution in [0.1, 0.15) is 0 Å². The zero-order valence-electron chi connectivity index (χ0n) is 9.30. The molecule has 0 N–H and O–H groups in total. The number of hydrogen-bond acceptors (Lipinski definition) is 5. The molecule has 1 aliphatic rings. The Hall–Kier alpha value is -1.82. The van der Waals surface area contributed by atoms with E-state index in [2.05, 4.69) is 9.97 Å². The molecule has 0 spiro atoms. The Bertz CT molecular complexity index is 580. The van der Waals surface area contributed by atoms with Crippen LogP contribution in [0.15, 0.2) is 40.5 Å². The first-order valence-corrected chi connectivity index (χ1v) is 6.18. The third-order valence-corrected chi connectivity index (χ3v) is 3.27. The van der Waals surface area contributed by atoms with Gasteiger partial charge in [-0.15, -0.1) is 0 Å². The number of halogens is 1. The second-order valence-corrected chi connectivity index (χ2v) is 4.68. The van der Waals surface area contributed by atoms with Crippen molar-refractivity contribution in [2.24, 2.45) is 0 Å². The molecule has 0 radical (unpaired) electrons. The lowest BCUT2D eigenvalue weighted by Gasteiger charge is -2.18. The molecule has 2 heterocycles. The van der Waals surface area contributed by atoms with Crippen LogP contribution in [-0.2, 0) is 0 Å². The molecule has 0 fully saturated rings. The van der Waals surface area contributed by atoms with Crippen molar-refractivity contribution in [1.82, 2.24) is 9.97 Å². The van der Waals surface area contributed by atoms with Gasteiger partial charge in [-0.3, -0.25) is 0 Å². The molecular weight excluding hydrogens is 255 g/mol. The van der Waals surface area contributed by atoms with Crippen LogP contribution in [0.5, 0.6) is 11.5 Å². The first-order chi connectivity index (χ1) is 8.81. The highest BCUT2D eigenvalue weighted by atomic mass is 32.2. The minimum absolute atomic E-state index is 0.537. The predicted molar refractivity (Wildman–Crippen MR) is 63.5 cm³/mol. The maximum absolute atomic E-state index is 12.9. The average Bonchev–Trinajstić information content (AvgIpc) is 2.39. The number of hydrogen-bond donors (Lipinski definition) is 0. The van der Waals surface area contributed by atoms with Gasteiger partial charge in [-0.2, -0.15) is 4.39 Å². The van der Waals surface area contributed by atoms with E-state index < -0.39 is 5.95 Å². The van der Waals surface area contributed by atoms with Crippen LogP contribution in [0.4, 0.5) is 4.39 Å². The summed E-state index contributed by atoms with van der Waals surface area (Å²) in [5.41, 5.74) is 0. The van der Waals surface area contributed by atoms with E-state index in [0.717, 1.165) is 10.6 Å². The van der Waals surface area contributed by atoms with Gasteiger partial charge in [0.2, 0.25) is 5.95 Å². The number of benzene rings is 1. The first kappa shape index (κ1) is 11.3. The zero-order valence-corrected chi connectivity index (χ0v) is 10.1. The molecule has 1 aliphatic heterocycles. The van der Waals surface area contributed by atoms with Gasteiger partial charge in [0.05, 0.1) is 0 Å². The van der Waals surface area contributed by atoms with Crippen LogP contribution < -0.4 is 9.47 Å². The molecule has 1 aromatic heterocycles. The van der Waals surface area contributed by atoms with Gasteiger partial charge in [0, 0.05) is 11.0 Å². The summed E-state index contributed by atoms with van der Waals surface area (Å²) in [6.45, 7) is 1.11. The molecule has 92 valence electrons. The van der Waals surface area contributed by atoms with Crippen molar-refractivity contribution >= 4 is 11.8 Å². The van der Waals surface area contributed by atoms with E-state index in [1.807, 2.05) is 18.2 Å². The van der Waals surface area contributed by atoms with Crippen molar-refractivity contribution in [3.05, 3.63) is 36.5 Å². The molecule has 6 heteroatoms. The Morgan fingerprint density at radius 2 is 1.89 bits per heavy atom. The monoisotopic (exact) mass is 264 g/mol. The van der Waals surface area contributed by atoms with Crippen LogP contribution in [0.25, 0.3) is 0 Å². The number of rotatable bonds is 2. The maximum Gasteiger partial charge on any atom is 0.217 e. The molecule has 0 unspecified atom stereocenters. The SMILES string of the molecule is Fc1cc(Sc2ccc3c(c2)OCCO3)ncn1. The highest BCUT2D eigenvalue weighted by Gasteiger charge is 2.12. The van der Waals surface area contributed by atoms with E-state index in [-0.39, 0.29) is 0 Å². The van der Waals surface area contributed by atoms with Crippen molar-refractivity contribution in [3.63, 3.8) is 0 Å². The topological polar surface area (TPSA) is 44.2 Å². The van der Waals surface area contributed by atoms with E-state index in [4.69, 9.17) is 9.47 Å². The molecule has 0 saturated carbocycles. The smallest absolute Gasteiger partial charge is 0.217 e. The molecular formula is C12H9FN2O2S. The van der Waals surface area contributed by atoms with Gasteiger partial charge in [-0.25, -0.2) is 9.97 Å². The van der Waals surface area contributed by atoms with Crippen LogP contribution >= 0.6 is 11.8 Å². The molecule has 0 saturated heterocycles. The van der Waals surface area contributed by atoms with Gasteiger partial charge in [0.15, 0.2) is 11.5 Å².